The highest BCUT2D eigenvalue weighted by molar-refractivity contribution is 5.79. The van der Waals surface area contributed by atoms with Crippen molar-refractivity contribution < 1.29 is 0 Å². The predicted octanol–water partition coefficient (Wildman–Crippen LogP) is 4.97. The SMILES string of the molecule is [C](=C(c1ccccc1)c1ccccc1)c1ccccc1. The molecule has 0 unspecified atom stereocenters. The van der Waals surface area contributed by atoms with Crippen LogP contribution in [0.2, 0.25) is 0 Å². The van der Waals surface area contributed by atoms with Crippen LogP contribution >= 0.6 is 0 Å². The second-order valence-corrected chi connectivity index (χ2v) is 4.60. The lowest BCUT2D eigenvalue weighted by atomic mass is 9.96. The zero-order chi connectivity index (χ0) is 13.6. The van der Waals surface area contributed by atoms with Crippen molar-refractivity contribution in [3.05, 3.63) is 114 Å². The van der Waals surface area contributed by atoms with Crippen LogP contribution in [0, 0.1) is 6.08 Å². The largest absolute Gasteiger partial charge is 0.0622 e. The normalized spacial score (nSPS) is 10.0. The standard InChI is InChI=1S/C20H15/c1-4-10-17(11-5-1)16-20(18-12-6-2-7-13-18)19-14-8-3-9-15-19/h1-15H. The molecule has 0 saturated carbocycles. The molecule has 0 spiro atoms. The van der Waals surface area contributed by atoms with E-state index in [0.717, 1.165) is 11.1 Å². The third-order valence-electron chi connectivity index (χ3n) is 3.17. The Labute approximate surface area is 120 Å². The minimum Gasteiger partial charge on any atom is -0.0622 e. The predicted molar refractivity (Wildman–Crippen MR) is 84.2 cm³/mol. The maximum absolute atomic E-state index is 3.53. The van der Waals surface area contributed by atoms with E-state index in [-0.39, 0.29) is 0 Å². The van der Waals surface area contributed by atoms with Gasteiger partial charge in [-0.2, -0.15) is 0 Å². The Morgan fingerprint density at radius 2 is 0.900 bits per heavy atom. The molecule has 0 heterocycles. The first-order valence-electron chi connectivity index (χ1n) is 6.73. The topological polar surface area (TPSA) is 0 Å². The van der Waals surface area contributed by atoms with Crippen LogP contribution in [-0.2, 0) is 0 Å². The third-order valence-corrected chi connectivity index (χ3v) is 3.17. The van der Waals surface area contributed by atoms with Crippen molar-refractivity contribution in [1.29, 1.82) is 0 Å². The molecule has 3 aromatic rings. The van der Waals surface area contributed by atoms with E-state index in [1.807, 2.05) is 30.3 Å². The van der Waals surface area contributed by atoms with Crippen molar-refractivity contribution in [3.63, 3.8) is 0 Å². The zero-order valence-electron chi connectivity index (χ0n) is 11.2. The Balaban J connectivity index is 2.12. The molecule has 0 atom stereocenters. The molecule has 0 aliphatic carbocycles. The molecule has 1 radical (unpaired) electrons. The van der Waals surface area contributed by atoms with E-state index in [1.165, 1.54) is 11.1 Å². The van der Waals surface area contributed by atoms with Crippen LogP contribution in [0.5, 0.6) is 0 Å². The molecule has 0 fully saturated rings. The van der Waals surface area contributed by atoms with Crippen molar-refractivity contribution in [2.75, 3.05) is 0 Å². The molecule has 0 aliphatic heterocycles. The van der Waals surface area contributed by atoms with Crippen molar-refractivity contribution in [2.24, 2.45) is 0 Å². The Morgan fingerprint density at radius 3 is 1.35 bits per heavy atom. The van der Waals surface area contributed by atoms with Gasteiger partial charge in [0.25, 0.3) is 0 Å². The molecule has 0 amide bonds. The molecule has 0 heteroatoms. The summed E-state index contributed by atoms with van der Waals surface area (Å²) in [6.07, 6.45) is 3.53. The molecule has 95 valence electrons. The first kappa shape index (κ1) is 12.4. The summed E-state index contributed by atoms with van der Waals surface area (Å²) < 4.78 is 0. The van der Waals surface area contributed by atoms with Gasteiger partial charge < -0.3 is 0 Å². The highest BCUT2D eigenvalue weighted by Crippen LogP contribution is 2.24. The number of benzene rings is 3. The molecular weight excluding hydrogens is 240 g/mol. The van der Waals surface area contributed by atoms with Gasteiger partial charge in [-0.3, -0.25) is 0 Å². The molecule has 0 aliphatic rings. The number of hydrogen-bond donors (Lipinski definition) is 0. The van der Waals surface area contributed by atoms with E-state index in [9.17, 15) is 0 Å². The highest BCUT2D eigenvalue weighted by Gasteiger charge is 2.04. The fraction of sp³-hybridized carbons (Fsp3) is 0. The lowest BCUT2D eigenvalue weighted by molar-refractivity contribution is 1.50. The molecule has 0 bridgehead atoms. The van der Waals surface area contributed by atoms with Gasteiger partial charge >= 0.3 is 0 Å². The molecule has 0 nitrogen and oxygen atoms in total. The minimum absolute atomic E-state index is 1.09. The quantitative estimate of drug-likeness (QED) is 0.580. The Bertz CT molecular complexity index is 638. The van der Waals surface area contributed by atoms with Gasteiger partial charge in [0.1, 0.15) is 0 Å². The summed E-state index contributed by atoms with van der Waals surface area (Å²) in [4.78, 5) is 0. The fourth-order valence-electron chi connectivity index (χ4n) is 2.19. The van der Waals surface area contributed by atoms with E-state index in [4.69, 9.17) is 0 Å². The van der Waals surface area contributed by atoms with Gasteiger partial charge in [0, 0.05) is 0 Å². The van der Waals surface area contributed by atoms with E-state index in [2.05, 4.69) is 66.7 Å². The summed E-state index contributed by atoms with van der Waals surface area (Å²) in [5, 5.41) is 0. The average molecular weight is 255 g/mol. The summed E-state index contributed by atoms with van der Waals surface area (Å²) in [5.41, 5.74) is 4.58. The monoisotopic (exact) mass is 255 g/mol. The number of hydrogen-bond acceptors (Lipinski definition) is 0. The maximum atomic E-state index is 3.53. The van der Waals surface area contributed by atoms with Gasteiger partial charge in [-0.05, 0) is 28.3 Å². The van der Waals surface area contributed by atoms with Crippen LogP contribution in [0.15, 0.2) is 91.0 Å². The first-order valence-corrected chi connectivity index (χ1v) is 6.73. The van der Waals surface area contributed by atoms with E-state index in [0.29, 0.717) is 0 Å². The summed E-state index contributed by atoms with van der Waals surface area (Å²) in [6, 6.07) is 31.1. The molecule has 0 N–H and O–H groups in total. The summed E-state index contributed by atoms with van der Waals surface area (Å²) in [6.45, 7) is 0. The maximum Gasteiger partial charge on any atom is -0.00143 e. The Morgan fingerprint density at radius 1 is 0.500 bits per heavy atom. The van der Waals surface area contributed by atoms with Crippen molar-refractivity contribution in [2.45, 2.75) is 0 Å². The highest BCUT2D eigenvalue weighted by atomic mass is 14.1. The number of rotatable bonds is 3. The molecular formula is C20H15. The Hall–Kier alpha value is -2.60. The van der Waals surface area contributed by atoms with E-state index in [1.54, 1.807) is 0 Å². The van der Waals surface area contributed by atoms with Gasteiger partial charge in [0.2, 0.25) is 0 Å². The smallest absolute Gasteiger partial charge is 0.00143 e. The van der Waals surface area contributed by atoms with Gasteiger partial charge in [0.15, 0.2) is 0 Å². The summed E-state index contributed by atoms with van der Waals surface area (Å²) in [5.74, 6) is 0. The fourth-order valence-corrected chi connectivity index (χ4v) is 2.19. The lowest BCUT2D eigenvalue weighted by Crippen LogP contribution is -1.89. The van der Waals surface area contributed by atoms with Crippen molar-refractivity contribution in [3.8, 4) is 0 Å². The second-order valence-electron chi connectivity index (χ2n) is 4.60. The van der Waals surface area contributed by atoms with E-state index >= 15 is 0 Å². The minimum atomic E-state index is 1.09. The molecule has 20 heavy (non-hydrogen) atoms. The molecule has 3 aromatic carbocycles. The van der Waals surface area contributed by atoms with Gasteiger partial charge in [-0.15, -0.1) is 0 Å². The van der Waals surface area contributed by atoms with Crippen LogP contribution < -0.4 is 0 Å². The van der Waals surface area contributed by atoms with Gasteiger partial charge in [0.05, 0.1) is 0 Å². The van der Waals surface area contributed by atoms with Crippen LogP contribution in [0.1, 0.15) is 16.7 Å². The molecule has 3 rings (SSSR count). The summed E-state index contributed by atoms with van der Waals surface area (Å²) in [7, 11) is 0. The Kier molecular flexibility index (Phi) is 3.75. The van der Waals surface area contributed by atoms with Gasteiger partial charge in [-0.25, -0.2) is 0 Å². The van der Waals surface area contributed by atoms with E-state index < -0.39 is 0 Å². The molecule has 0 saturated heterocycles. The van der Waals surface area contributed by atoms with Crippen molar-refractivity contribution in [1.82, 2.24) is 0 Å². The first-order chi connectivity index (χ1) is 9.93. The van der Waals surface area contributed by atoms with Crippen LogP contribution in [0.4, 0.5) is 0 Å². The second kappa shape index (κ2) is 6.03. The van der Waals surface area contributed by atoms with Crippen LogP contribution in [0.25, 0.3) is 5.57 Å². The summed E-state index contributed by atoms with van der Waals surface area (Å²) >= 11 is 0. The van der Waals surface area contributed by atoms with Crippen LogP contribution in [-0.4, -0.2) is 0 Å². The van der Waals surface area contributed by atoms with Crippen LogP contribution in [0.3, 0.4) is 0 Å². The van der Waals surface area contributed by atoms with Crippen molar-refractivity contribution >= 4 is 5.57 Å². The third kappa shape index (κ3) is 2.86. The zero-order valence-corrected chi connectivity index (χ0v) is 11.2. The molecule has 0 aromatic heterocycles. The average Bonchev–Trinajstić information content (AvgIpc) is 2.55. The van der Waals surface area contributed by atoms with Gasteiger partial charge in [-0.1, -0.05) is 91.0 Å². The lowest BCUT2D eigenvalue weighted by Gasteiger charge is -2.08.